The molecule has 0 radical (unpaired) electrons. The molecule has 0 spiro atoms. The molecule has 0 amide bonds. The topological polar surface area (TPSA) is 73.5 Å². The number of nitriles is 1. The fourth-order valence-corrected chi connectivity index (χ4v) is 3.27. The molecule has 3 aromatic rings. The Bertz CT molecular complexity index is 1020. The van der Waals surface area contributed by atoms with Gasteiger partial charge in [0.25, 0.3) is 0 Å². The molecule has 0 aliphatic carbocycles. The highest BCUT2D eigenvalue weighted by molar-refractivity contribution is 6.37. The van der Waals surface area contributed by atoms with Crippen molar-refractivity contribution in [2.24, 2.45) is 0 Å². The van der Waals surface area contributed by atoms with E-state index in [-0.39, 0.29) is 16.5 Å². The number of hydrogen-bond donors (Lipinski definition) is 2. The zero-order chi connectivity index (χ0) is 16.1. The van der Waals surface area contributed by atoms with E-state index < -0.39 is 0 Å². The number of halogens is 1. The van der Waals surface area contributed by atoms with E-state index in [4.69, 9.17) is 16.3 Å². The van der Waals surface area contributed by atoms with E-state index in [1.165, 1.54) is 6.07 Å². The summed E-state index contributed by atoms with van der Waals surface area (Å²) >= 11 is 6.18. The van der Waals surface area contributed by atoms with Gasteiger partial charge in [-0.05, 0) is 35.9 Å². The van der Waals surface area contributed by atoms with Crippen LogP contribution in [0.1, 0.15) is 11.1 Å². The van der Waals surface area contributed by atoms with Crippen LogP contribution in [0.15, 0.2) is 36.4 Å². The van der Waals surface area contributed by atoms with Crippen molar-refractivity contribution >= 4 is 22.4 Å². The average Bonchev–Trinajstić information content (AvgIpc) is 2.56. The highest BCUT2D eigenvalue weighted by atomic mass is 35.5. The van der Waals surface area contributed by atoms with E-state index in [0.717, 1.165) is 16.7 Å². The largest absolute Gasteiger partial charge is 0.508 e. The second-order valence-electron chi connectivity index (χ2n) is 5.36. The molecule has 0 fully saturated rings. The van der Waals surface area contributed by atoms with Crippen LogP contribution in [0.4, 0.5) is 0 Å². The summed E-state index contributed by atoms with van der Waals surface area (Å²) in [5, 5.41) is 30.2. The van der Waals surface area contributed by atoms with Crippen molar-refractivity contribution in [2.75, 3.05) is 0 Å². The lowest BCUT2D eigenvalue weighted by Crippen LogP contribution is -2.06. The molecule has 4 nitrogen and oxygen atoms in total. The Kier molecular flexibility index (Phi) is 2.87. The standard InChI is InChI=1S/C18H10ClNO3/c19-17-15(22)4-3-13-16(17)9(7-20)6-14-12-2-1-11(21)5-10(12)8-23-18(13)14/h1-6,21-22H,8H2. The van der Waals surface area contributed by atoms with Gasteiger partial charge in [-0.3, -0.25) is 0 Å². The molecular formula is C18H10ClNO3. The number of hydrogen-bond acceptors (Lipinski definition) is 4. The number of phenols is 2. The van der Waals surface area contributed by atoms with Gasteiger partial charge in [0.1, 0.15) is 23.9 Å². The first-order chi connectivity index (χ1) is 11.1. The monoisotopic (exact) mass is 323 g/mol. The van der Waals surface area contributed by atoms with Gasteiger partial charge in [0, 0.05) is 21.9 Å². The highest BCUT2D eigenvalue weighted by Crippen LogP contribution is 2.47. The van der Waals surface area contributed by atoms with Crippen LogP contribution >= 0.6 is 11.6 Å². The Labute approximate surface area is 136 Å². The van der Waals surface area contributed by atoms with Crippen molar-refractivity contribution in [2.45, 2.75) is 6.61 Å². The molecule has 5 heteroatoms. The predicted octanol–water partition coefficient (Wildman–Crippen LogP) is 4.34. The number of phenolic OH excluding ortho intramolecular Hbond substituents is 2. The number of aromatic hydroxyl groups is 2. The van der Waals surface area contributed by atoms with Gasteiger partial charge in [-0.1, -0.05) is 17.7 Å². The Balaban J connectivity index is 2.14. The van der Waals surface area contributed by atoms with Crippen molar-refractivity contribution in [3.05, 3.63) is 52.5 Å². The summed E-state index contributed by atoms with van der Waals surface area (Å²) in [6.45, 7) is 0.316. The smallest absolute Gasteiger partial charge is 0.135 e. The SMILES string of the molecule is N#Cc1cc2c(c3ccc(O)c(Cl)c13)OCc1cc(O)ccc1-2. The van der Waals surface area contributed by atoms with Gasteiger partial charge < -0.3 is 14.9 Å². The van der Waals surface area contributed by atoms with E-state index in [0.29, 0.717) is 28.7 Å². The maximum atomic E-state index is 9.82. The molecule has 112 valence electrons. The average molecular weight is 324 g/mol. The fraction of sp³-hybridized carbons (Fsp3) is 0.0556. The van der Waals surface area contributed by atoms with Crippen LogP contribution in [0.5, 0.6) is 17.2 Å². The minimum Gasteiger partial charge on any atom is -0.508 e. The zero-order valence-corrected chi connectivity index (χ0v) is 12.6. The Morgan fingerprint density at radius 2 is 1.91 bits per heavy atom. The summed E-state index contributed by atoms with van der Waals surface area (Å²) in [5.41, 5.74) is 2.90. The van der Waals surface area contributed by atoms with Gasteiger partial charge >= 0.3 is 0 Å². The normalized spacial score (nSPS) is 12.2. The second-order valence-corrected chi connectivity index (χ2v) is 5.74. The minimum atomic E-state index is -0.0725. The summed E-state index contributed by atoms with van der Waals surface area (Å²) in [4.78, 5) is 0. The van der Waals surface area contributed by atoms with Gasteiger partial charge in [-0.15, -0.1) is 0 Å². The van der Waals surface area contributed by atoms with Crippen LogP contribution in [0.2, 0.25) is 5.02 Å². The van der Waals surface area contributed by atoms with Crippen molar-refractivity contribution in [1.29, 1.82) is 5.26 Å². The summed E-state index contributed by atoms with van der Waals surface area (Å²) in [7, 11) is 0. The number of fused-ring (bicyclic) bond motifs is 5. The maximum absolute atomic E-state index is 9.82. The van der Waals surface area contributed by atoms with Gasteiger partial charge in [0.15, 0.2) is 0 Å². The fourth-order valence-electron chi connectivity index (χ4n) is 3.00. The van der Waals surface area contributed by atoms with Crippen molar-refractivity contribution in [3.8, 4) is 34.4 Å². The van der Waals surface area contributed by atoms with Crippen LogP contribution in [0.3, 0.4) is 0 Å². The van der Waals surface area contributed by atoms with Crippen LogP contribution in [0.25, 0.3) is 21.9 Å². The molecule has 0 unspecified atom stereocenters. The molecule has 2 N–H and O–H groups in total. The Hall–Kier alpha value is -2.90. The van der Waals surface area contributed by atoms with Crippen LogP contribution in [0, 0.1) is 11.3 Å². The first kappa shape index (κ1) is 13.7. The molecule has 0 aromatic heterocycles. The van der Waals surface area contributed by atoms with E-state index in [9.17, 15) is 15.5 Å². The molecule has 0 atom stereocenters. The third-order valence-electron chi connectivity index (χ3n) is 4.04. The van der Waals surface area contributed by atoms with Gasteiger partial charge in [0.05, 0.1) is 16.7 Å². The van der Waals surface area contributed by atoms with E-state index in [2.05, 4.69) is 6.07 Å². The van der Waals surface area contributed by atoms with E-state index in [1.807, 2.05) is 0 Å². The zero-order valence-electron chi connectivity index (χ0n) is 11.8. The summed E-state index contributed by atoms with van der Waals surface area (Å²) in [6.07, 6.45) is 0. The molecule has 1 aliphatic rings. The predicted molar refractivity (Wildman–Crippen MR) is 86.8 cm³/mol. The quantitative estimate of drug-likeness (QED) is 0.645. The van der Waals surface area contributed by atoms with Gasteiger partial charge in [-0.25, -0.2) is 0 Å². The Morgan fingerprint density at radius 3 is 2.70 bits per heavy atom. The van der Waals surface area contributed by atoms with Crippen molar-refractivity contribution in [1.82, 2.24) is 0 Å². The lowest BCUT2D eigenvalue weighted by Gasteiger charge is -2.23. The lowest BCUT2D eigenvalue weighted by molar-refractivity contribution is 0.305. The molecule has 1 aliphatic heterocycles. The molecular weight excluding hydrogens is 314 g/mol. The van der Waals surface area contributed by atoms with E-state index in [1.54, 1.807) is 30.3 Å². The van der Waals surface area contributed by atoms with Gasteiger partial charge in [0.2, 0.25) is 0 Å². The molecule has 1 heterocycles. The second kappa shape index (κ2) is 4.80. The lowest BCUT2D eigenvalue weighted by atomic mass is 9.91. The number of benzene rings is 3. The minimum absolute atomic E-state index is 0.0725. The summed E-state index contributed by atoms with van der Waals surface area (Å²) < 4.78 is 5.85. The van der Waals surface area contributed by atoms with Crippen LogP contribution < -0.4 is 4.74 Å². The molecule has 0 saturated heterocycles. The molecule has 3 aromatic carbocycles. The number of ether oxygens (including phenoxy) is 1. The van der Waals surface area contributed by atoms with Crippen molar-refractivity contribution in [3.63, 3.8) is 0 Å². The molecule has 0 bridgehead atoms. The van der Waals surface area contributed by atoms with E-state index >= 15 is 0 Å². The van der Waals surface area contributed by atoms with Crippen LogP contribution in [-0.2, 0) is 6.61 Å². The Morgan fingerprint density at radius 1 is 1.09 bits per heavy atom. The maximum Gasteiger partial charge on any atom is 0.135 e. The third kappa shape index (κ3) is 1.91. The van der Waals surface area contributed by atoms with Gasteiger partial charge in [-0.2, -0.15) is 5.26 Å². The van der Waals surface area contributed by atoms with Crippen LogP contribution in [-0.4, -0.2) is 10.2 Å². The molecule has 4 rings (SSSR count). The summed E-state index contributed by atoms with van der Waals surface area (Å²) in [5.74, 6) is 0.723. The van der Waals surface area contributed by atoms with Crippen molar-refractivity contribution < 1.29 is 14.9 Å². The number of nitrogens with zero attached hydrogens (tertiary/aromatic N) is 1. The highest BCUT2D eigenvalue weighted by Gasteiger charge is 2.23. The first-order valence-corrected chi connectivity index (χ1v) is 7.31. The third-order valence-corrected chi connectivity index (χ3v) is 4.42. The molecule has 0 saturated carbocycles. The first-order valence-electron chi connectivity index (χ1n) is 6.93. The molecule has 23 heavy (non-hydrogen) atoms. The summed E-state index contributed by atoms with van der Waals surface area (Å²) in [6, 6.07) is 12.1. The number of rotatable bonds is 0.